The van der Waals surface area contributed by atoms with E-state index in [-0.39, 0.29) is 11.4 Å². The third kappa shape index (κ3) is 4.75. The molecule has 176 valence electrons. The average molecular weight is 496 g/mol. The number of benzene rings is 4. The third-order valence-corrected chi connectivity index (χ3v) is 8.09. The third-order valence-electron chi connectivity index (χ3n) is 5.91. The first kappa shape index (κ1) is 24.1. The van der Waals surface area contributed by atoms with Crippen LogP contribution in [0.1, 0.15) is 24.1 Å². The van der Waals surface area contributed by atoms with Crippen LogP contribution in [0, 0.1) is 0 Å². The van der Waals surface area contributed by atoms with Crippen molar-refractivity contribution in [1.29, 1.82) is 0 Å². The molecular formula is C27H26ClNO4S. The lowest BCUT2D eigenvalue weighted by Gasteiger charge is -2.30. The Balaban J connectivity index is 1.83. The van der Waals surface area contributed by atoms with Crippen LogP contribution in [0.3, 0.4) is 0 Å². The molecule has 0 saturated heterocycles. The minimum absolute atomic E-state index is 0.149. The van der Waals surface area contributed by atoms with Gasteiger partial charge in [0.1, 0.15) is 0 Å². The Morgan fingerprint density at radius 3 is 2.24 bits per heavy atom. The Kier molecular flexibility index (Phi) is 7.12. The number of nitrogens with zero attached hydrogens (tertiary/aromatic N) is 1. The number of ether oxygens (including phenoxy) is 2. The number of fused-ring (bicyclic) bond motifs is 1. The van der Waals surface area contributed by atoms with Gasteiger partial charge in [-0.3, -0.25) is 0 Å². The van der Waals surface area contributed by atoms with Gasteiger partial charge in [0.25, 0.3) is 0 Å². The summed E-state index contributed by atoms with van der Waals surface area (Å²) in [7, 11) is -0.740. The summed E-state index contributed by atoms with van der Waals surface area (Å²) in [6, 6.07) is 25.2. The normalized spacial score (nSPS) is 12.6. The van der Waals surface area contributed by atoms with E-state index in [2.05, 4.69) is 0 Å². The molecule has 0 amide bonds. The van der Waals surface area contributed by atoms with Gasteiger partial charge >= 0.3 is 0 Å². The Hall–Kier alpha value is -3.06. The van der Waals surface area contributed by atoms with Crippen LogP contribution < -0.4 is 9.47 Å². The maximum absolute atomic E-state index is 13.9. The predicted octanol–water partition coefficient (Wildman–Crippen LogP) is 6.46. The molecule has 0 aliphatic rings. The molecule has 4 aromatic rings. The van der Waals surface area contributed by atoms with E-state index in [1.165, 1.54) is 16.4 Å². The van der Waals surface area contributed by atoms with Crippen LogP contribution in [0.4, 0.5) is 0 Å². The summed E-state index contributed by atoms with van der Waals surface area (Å²) in [5, 5.41) is 2.55. The molecule has 7 heteroatoms. The minimum atomic E-state index is -3.86. The zero-order chi connectivity index (χ0) is 24.3. The van der Waals surface area contributed by atoms with E-state index in [9.17, 15) is 8.42 Å². The Bertz CT molecular complexity index is 1400. The van der Waals surface area contributed by atoms with E-state index in [0.717, 1.165) is 21.9 Å². The molecule has 0 aromatic heterocycles. The second kappa shape index (κ2) is 10.1. The number of hydrogen-bond donors (Lipinski definition) is 0. The quantitative estimate of drug-likeness (QED) is 0.281. The molecule has 0 radical (unpaired) electrons. The van der Waals surface area contributed by atoms with Gasteiger partial charge in [0.05, 0.1) is 19.1 Å². The van der Waals surface area contributed by atoms with Crippen molar-refractivity contribution < 1.29 is 17.9 Å². The van der Waals surface area contributed by atoms with E-state index in [0.29, 0.717) is 16.5 Å². The fourth-order valence-corrected chi connectivity index (χ4v) is 5.83. The van der Waals surface area contributed by atoms with E-state index in [4.69, 9.17) is 21.1 Å². The van der Waals surface area contributed by atoms with Gasteiger partial charge in [-0.05, 0) is 65.2 Å². The molecule has 0 aliphatic heterocycles. The predicted molar refractivity (Wildman–Crippen MR) is 136 cm³/mol. The van der Waals surface area contributed by atoms with Crippen LogP contribution in [0.5, 0.6) is 11.5 Å². The van der Waals surface area contributed by atoms with Gasteiger partial charge in [-0.2, -0.15) is 4.31 Å². The van der Waals surface area contributed by atoms with Crippen LogP contribution in [0.2, 0.25) is 5.02 Å². The van der Waals surface area contributed by atoms with Gasteiger partial charge in [-0.1, -0.05) is 60.1 Å². The van der Waals surface area contributed by atoms with Gasteiger partial charge in [0.15, 0.2) is 11.5 Å². The fourth-order valence-electron chi connectivity index (χ4n) is 4.10. The van der Waals surface area contributed by atoms with Crippen LogP contribution in [-0.4, -0.2) is 26.9 Å². The first-order chi connectivity index (χ1) is 16.3. The van der Waals surface area contributed by atoms with Gasteiger partial charge in [-0.25, -0.2) is 8.42 Å². The van der Waals surface area contributed by atoms with E-state index in [1.807, 2.05) is 55.5 Å². The van der Waals surface area contributed by atoms with Gasteiger partial charge in [-0.15, -0.1) is 0 Å². The standard InChI is InChI=1S/C27H26ClNO4S/c1-19(24-10-6-8-21-7-4-5-9-25(21)24)29(34(30,31)23-14-12-22(28)13-15-23)18-20-11-16-26(32-2)27(17-20)33-3/h4-17,19H,18H2,1-3H3. The van der Waals surface area contributed by atoms with Crippen molar-refractivity contribution >= 4 is 32.4 Å². The maximum atomic E-state index is 13.9. The SMILES string of the molecule is COc1ccc(CN(C(C)c2cccc3ccccc23)S(=O)(=O)c2ccc(Cl)cc2)cc1OC. The summed E-state index contributed by atoms with van der Waals surface area (Å²) < 4.78 is 40.1. The largest absolute Gasteiger partial charge is 0.493 e. The van der Waals surface area contributed by atoms with Crippen molar-refractivity contribution in [3.05, 3.63) is 101 Å². The summed E-state index contributed by atoms with van der Waals surface area (Å²) in [5.41, 5.74) is 1.71. The number of methoxy groups -OCH3 is 2. The summed E-state index contributed by atoms with van der Waals surface area (Å²) in [5.74, 6) is 1.13. The number of hydrogen-bond acceptors (Lipinski definition) is 4. The molecule has 4 rings (SSSR count). The van der Waals surface area contributed by atoms with Crippen molar-refractivity contribution in [2.24, 2.45) is 0 Å². The highest BCUT2D eigenvalue weighted by atomic mass is 35.5. The van der Waals surface area contributed by atoms with Crippen molar-refractivity contribution in [2.75, 3.05) is 14.2 Å². The van der Waals surface area contributed by atoms with Crippen molar-refractivity contribution in [2.45, 2.75) is 24.4 Å². The smallest absolute Gasteiger partial charge is 0.243 e. The second-order valence-electron chi connectivity index (χ2n) is 7.94. The summed E-state index contributed by atoms with van der Waals surface area (Å²) >= 11 is 6.02. The van der Waals surface area contributed by atoms with Crippen LogP contribution in [0.15, 0.2) is 89.8 Å². The molecule has 4 aromatic carbocycles. The zero-order valence-electron chi connectivity index (χ0n) is 19.2. The van der Waals surface area contributed by atoms with E-state index in [1.54, 1.807) is 38.5 Å². The zero-order valence-corrected chi connectivity index (χ0v) is 20.8. The Morgan fingerprint density at radius 1 is 0.853 bits per heavy atom. The van der Waals surface area contributed by atoms with E-state index >= 15 is 0 Å². The van der Waals surface area contributed by atoms with Crippen LogP contribution in [-0.2, 0) is 16.6 Å². The summed E-state index contributed by atoms with van der Waals surface area (Å²) in [6.07, 6.45) is 0. The summed E-state index contributed by atoms with van der Waals surface area (Å²) in [4.78, 5) is 0.185. The highest BCUT2D eigenvalue weighted by molar-refractivity contribution is 7.89. The lowest BCUT2D eigenvalue weighted by molar-refractivity contribution is 0.333. The summed E-state index contributed by atoms with van der Waals surface area (Å²) in [6.45, 7) is 2.06. The van der Waals surface area contributed by atoms with Crippen molar-refractivity contribution in [3.63, 3.8) is 0 Å². The average Bonchev–Trinajstić information content (AvgIpc) is 2.86. The Labute approximate surface area is 205 Å². The van der Waals surface area contributed by atoms with Crippen LogP contribution >= 0.6 is 11.6 Å². The minimum Gasteiger partial charge on any atom is -0.493 e. The molecule has 0 N–H and O–H groups in total. The molecule has 1 atom stereocenters. The molecule has 0 bridgehead atoms. The van der Waals surface area contributed by atoms with Gasteiger partial charge in [0, 0.05) is 17.6 Å². The first-order valence-corrected chi connectivity index (χ1v) is 12.6. The molecule has 0 spiro atoms. The molecule has 0 saturated carbocycles. The Morgan fingerprint density at radius 2 is 1.53 bits per heavy atom. The molecule has 1 unspecified atom stereocenters. The lowest BCUT2D eigenvalue weighted by atomic mass is 9.99. The van der Waals surface area contributed by atoms with Gasteiger partial charge < -0.3 is 9.47 Å². The fraction of sp³-hybridized carbons (Fsp3) is 0.185. The number of halogens is 1. The highest BCUT2D eigenvalue weighted by Gasteiger charge is 2.31. The second-order valence-corrected chi connectivity index (χ2v) is 10.3. The van der Waals surface area contributed by atoms with E-state index < -0.39 is 16.1 Å². The number of sulfonamides is 1. The molecule has 0 heterocycles. The molecule has 34 heavy (non-hydrogen) atoms. The highest BCUT2D eigenvalue weighted by Crippen LogP contribution is 2.35. The molecular weight excluding hydrogens is 470 g/mol. The molecule has 0 aliphatic carbocycles. The monoisotopic (exact) mass is 495 g/mol. The van der Waals surface area contributed by atoms with Crippen LogP contribution in [0.25, 0.3) is 10.8 Å². The maximum Gasteiger partial charge on any atom is 0.243 e. The molecule has 0 fully saturated rings. The lowest BCUT2D eigenvalue weighted by Crippen LogP contribution is -2.33. The topological polar surface area (TPSA) is 55.8 Å². The van der Waals surface area contributed by atoms with Crippen molar-refractivity contribution in [1.82, 2.24) is 4.31 Å². The van der Waals surface area contributed by atoms with Crippen molar-refractivity contribution in [3.8, 4) is 11.5 Å². The molecule has 5 nitrogen and oxygen atoms in total. The number of rotatable bonds is 8. The van der Waals surface area contributed by atoms with Gasteiger partial charge in [0.2, 0.25) is 10.0 Å². The first-order valence-electron chi connectivity index (χ1n) is 10.8.